The Morgan fingerprint density at radius 3 is 2.44 bits per heavy atom. The fourth-order valence-corrected chi connectivity index (χ4v) is 2.23. The molecule has 0 radical (unpaired) electrons. The summed E-state index contributed by atoms with van der Waals surface area (Å²) in [5, 5.41) is 17.2. The van der Waals surface area contributed by atoms with E-state index in [1.165, 1.54) is 12.1 Å². The third-order valence-corrected chi connectivity index (χ3v) is 3.41. The Morgan fingerprint density at radius 1 is 0.880 bits per heavy atom. The average molecular weight is 332 g/mol. The highest BCUT2D eigenvalue weighted by molar-refractivity contribution is 5.88. The van der Waals surface area contributed by atoms with Gasteiger partial charge in [-0.05, 0) is 48.0 Å². The van der Waals surface area contributed by atoms with Crippen molar-refractivity contribution in [1.82, 2.24) is 0 Å². The molecule has 5 nitrogen and oxygen atoms in total. The summed E-state index contributed by atoms with van der Waals surface area (Å²) in [5.41, 5.74) is 1.65. The van der Waals surface area contributed by atoms with Gasteiger partial charge in [-0.25, -0.2) is 4.79 Å². The number of ether oxygens (including phenoxy) is 1. The van der Waals surface area contributed by atoms with E-state index in [0.717, 1.165) is 17.1 Å². The van der Waals surface area contributed by atoms with Crippen LogP contribution in [-0.4, -0.2) is 11.1 Å². The lowest BCUT2D eigenvalue weighted by atomic mass is 10.2. The molecule has 3 aromatic carbocycles. The molecule has 0 saturated carbocycles. The number of carboxylic acids is 1. The highest BCUT2D eigenvalue weighted by atomic mass is 16.5. The molecular formula is C20H16N2O3. The van der Waals surface area contributed by atoms with Gasteiger partial charge in [-0.2, -0.15) is 10.2 Å². The maximum absolute atomic E-state index is 10.9. The number of aromatic carboxylic acids is 1. The van der Waals surface area contributed by atoms with Gasteiger partial charge in [0.05, 0.1) is 17.8 Å². The van der Waals surface area contributed by atoms with E-state index in [1.54, 1.807) is 12.1 Å². The first-order chi connectivity index (χ1) is 12.2. The number of carbonyl (C=O) groups is 1. The Kier molecular flexibility index (Phi) is 5.16. The molecule has 0 atom stereocenters. The second kappa shape index (κ2) is 7.88. The quantitative estimate of drug-likeness (QED) is 0.609. The van der Waals surface area contributed by atoms with Crippen molar-refractivity contribution >= 4 is 11.7 Å². The summed E-state index contributed by atoms with van der Waals surface area (Å²) in [7, 11) is 0. The number of hydrogen-bond donors (Lipinski definition) is 1. The van der Waals surface area contributed by atoms with Gasteiger partial charge in [0, 0.05) is 0 Å². The first-order valence-corrected chi connectivity index (χ1v) is 7.73. The molecule has 1 N–H and O–H groups in total. The Hall–Kier alpha value is -3.47. The zero-order valence-electron chi connectivity index (χ0n) is 13.4. The Bertz CT molecular complexity index is 892. The largest absolute Gasteiger partial charge is 0.478 e. The van der Waals surface area contributed by atoms with Crippen LogP contribution in [-0.2, 0) is 6.54 Å². The van der Waals surface area contributed by atoms with Crippen molar-refractivity contribution in [3.05, 3.63) is 90.0 Å². The molecule has 0 unspecified atom stereocenters. The first-order valence-electron chi connectivity index (χ1n) is 7.73. The van der Waals surface area contributed by atoms with E-state index >= 15 is 0 Å². The molecule has 5 heteroatoms. The predicted octanol–water partition coefficient (Wildman–Crippen LogP) is 5.46. The van der Waals surface area contributed by atoms with Crippen LogP contribution in [0.4, 0.5) is 5.69 Å². The standard InChI is InChI=1S/C20H16N2O3/c23-20(24)16-7-5-8-17(13-16)22-21-14-15-6-4-11-19(12-15)25-18-9-2-1-3-10-18/h1-13H,14H2,(H,23,24). The lowest BCUT2D eigenvalue weighted by molar-refractivity contribution is 0.0697. The maximum atomic E-state index is 10.9. The van der Waals surface area contributed by atoms with Gasteiger partial charge in [-0.1, -0.05) is 36.4 Å². The third-order valence-electron chi connectivity index (χ3n) is 3.41. The summed E-state index contributed by atoms with van der Waals surface area (Å²) in [6, 6.07) is 23.5. The van der Waals surface area contributed by atoms with E-state index in [2.05, 4.69) is 10.2 Å². The van der Waals surface area contributed by atoms with Crippen LogP contribution in [0.2, 0.25) is 0 Å². The fraction of sp³-hybridized carbons (Fsp3) is 0.0500. The molecule has 3 aromatic rings. The Morgan fingerprint density at radius 2 is 1.64 bits per heavy atom. The van der Waals surface area contributed by atoms with E-state index in [0.29, 0.717) is 12.2 Å². The van der Waals surface area contributed by atoms with Crippen molar-refractivity contribution in [2.75, 3.05) is 0 Å². The van der Waals surface area contributed by atoms with Gasteiger partial charge in [0.2, 0.25) is 0 Å². The number of hydrogen-bond acceptors (Lipinski definition) is 4. The van der Waals surface area contributed by atoms with Crippen LogP contribution < -0.4 is 4.74 Å². The molecule has 3 rings (SSSR count). The molecule has 0 heterocycles. The minimum atomic E-state index is -0.984. The monoisotopic (exact) mass is 332 g/mol. The van der Waals surface area contributed by atoms with Crippen LogP contribution in [0.5, 0.6) is 11.5 Å². The van der Waals surface area contributed by atoms with Crippen LogP contribution in [0.1, 0.15) is 15.9 Å². The summed E-state index contributed by atoms with van der Waals surface area (Å²) in [4.78, 5) is 10.9. The van der Waals surface area contributed by atoms with Gasteiger partial charge in [0.1, 0.15) is 11.5 Å². The first kappa shape index (κ1) is 16.4. The van der Waals surface area contributed by atoms with Gasteiger partial charge in [-0.15, -0.1) is 0 Å². The lowest BCUT2D eigenvalue weighted by Gasteiger charge is -2.06. The van der Waals surface area contributed by atoms with Crippen LogP contribution in [0.3, 0.4) is 0 Å². The number of nitrogens with zero attached hydrogens (tertiary/aromatic N) is 2. The highest BCUT2D eigenvalue weighted by Gasteiger charge is 2.02. The van der Waals surface area contributed by atoms with Crippen molar-refractivity contribution in [2.45, 2.75) is 6.54 Å². The smallest absolute Gasteiger partial charge is 0.335 e. The minimum Gasteiger partial charge on any atom is -0.478 e. The molecular weight excluding hydrogens is 316 g/mol. The summed E-state index contributed by atoms with van der Waals surface area (Å²) >= 11 is 0. The van der Waals surface area contributed by atoms with Crippen LogP contribution >= 0.6 is 0 Å². The number of rotatable bonds is 6. The van der Waals surface area contributed by atoms with Crippen molar-refractivity contribution < 1.29 is 14.6 Å². The van der Waals surface area contributed by atoms with Crippen molar-refractivity contribution in [1.29, 1.82) is 0 Å². The average Bonchev–Trinajstić information content (AvgIpc) is 2.63. The SMILES string of the molecule is O=C(O)c1cccc(N=NCc2cccc(Oc3ccccc3)c2)c1. The molecule has 0 aliphatic carbocycles. The Balaban J connectivity index is 1.66. The third kappa shape index (κ3) is 4.75. The van der Waals surface area contributed by atoms with Crippen molar-refractivity contribution in [3.63, 3.8) is 0 Å². The van der Waals surface area contributed by atoms with Crippen LogP contribution in [0, 0.1) is 0 Å². The highest BCUT2D eigenvalue weighted by Crippen LogP contribution is 2.22. The molecule has 0 saturated heterocycles. The van der Waals surface area contributed by atoms with Crippen LogP contribution in [0.25, 0.3) is 0 Å². The Labute approximate surface area is 145 Å². The molecule has 0 spiro atoms. The summed E-state index contributed by atoms with van der Waals surface area (Å²) in [6.45, 7) is 0.378. The fourth-order valence-electron chi connectivity index (χ4n) is 2.23. The minimum absolute atomic E-state index is 0.190. The zero-order chi connectivity index (χ0) is 17.5. The molecule has 25 heavy (non-hydrogen) atoms. The van der Waals surface area contributed by atoms with E-state index in [-0.39, 0.29) is 5.56 Å². The van der Waals surface area contributed by atoms with Crippen molar-refractivity contribution in [2.24, 2.45) is 10.2 Å². The zero-order valence-corrected chi connectivity index (χ0v) is 13.4. The normalized spacial score (nSPS) is 10.7. The molecule has 0 amide bonds. The molecule has 0 bridgehead atoms. The number of benzene rings is 3. The van der Waals surface area contributed by atoms with Crippen molar-refractivity contribution in [3.8, 4) is 11.5 Å². The molecule has 0 aromatic heterocycles. The molecule has 124 valence electrons. The summed E-state index contributed by atoms with van der Waals surface area (Å²) < 4.78 is 5.79. The predicted molar refractivity (Wildman–Crippen MR) is 94.6 cm³/mol. The molecule has 0 aliphatic rings. The second-order valence-corrected chi connectivity index (χ2v) is 5.32. The maximum Gasteiger partial charge on any atom is 0.335 e. The second-order valence-electron chi connectivity index (χ2n) is 5.32. The summed E-state index contributed by atoms with van der Waals surface area (Å²) in [5.74, 6) is 0.515. The topological polar surface area (TPSA) is 71.2 Å². The van der Waals surface area contributed by atoms with Gasteiger partial charge in [0.15, 0.2) is 0 Å². The van der Waals surface area contributed by atoms with Gasteiger partial charge in [-0.3, -0.25) is 0 Å². The van der Waals surface area contributed by atoms with Gasteiger partial charge < -0.3 is 9.84 Å². The van der Waals surface area contributed by atoms with E-state index in [1.807, 2.05) is 54.6 Å². The van der Waals surface area contributed by atoms with E-state index < -0.39 is 5.97 Å². The lowest BCUT2D eigenvalue weighted by Crippen LogP contribution is -1.94. The van der Waals surface area contributed by atoms with E-state index in [9.17, 15) is 4.79 Å². The number of carboxylic acid groups (broad SMARTS) is 1. The molecule has 0 aliphatic heterocycles. The number of azo groups is 1. The van der Waals surface area contributed by atoms with E-state index in [4.69, 9.17) is 9.84 Å². The van der Waals surface area contributed by atoms with Gasteiger partial charge >= 0.3 is 5.97 Å². The van der Waals surface area contributed by atoms with Gasteiger partial charge in [0.25, 0.3) is 0 Å². The molecule has 0 fully saturated rings. The number of para-hydroxylation sites is 1. The summed E-state index contributed by atoms with van der Waals surface area (Å²) in [6.07, 6.45) is 0. The van der Waals surface area contributed by atoms with Crippen LogP contribution in [0.15, 0.2) is 89.1 Å².